The summed E-state index contributed by atoms with van der Waals surface area (Å²) in [6, 6.07) is 7.67. The molecule has 90 valence electrons. The van der Waals surface area contributed by atoms with E-state index < -0.39 is 0 Å². The molecule has 1 aromatic heterocycles. The average Bonchev–Trinajstić information content (AvgIpc) is 2.74. The Bertz CT molecular complexity index is 510. The lowest BCUT2D eigenvalue weighted by molar-refractivity contribution is 0.414. The molecule has 0 saturated carbocycles. The van der Waals surface area contributed by atoms with E-state index in [4.69, 9.17) is 10.5 Å². The summed E-state index contributed by atoms with van der Waals surface area (Å²) in [5.41, 5.74) is 7.72. The van der Waals surface area contributed by atoms with Crippen LogP contribution in [-0.2, 0) is 12.8 Å². The fourth-order valence-corrected chi connectivity index (χ4v) is 2.35. The van der Waals surface area contributed by atoms with Gasteiger partial charge in [0.15, 0.2) is 0 Å². The molecule has 1 heterocycles. The second kappa shape index (κ2) is 5.14. The second-order valence-electron chi connectivity index (χ2n) is 3.67. The van der Waals surface area contributed by atoms with Crippen molar-refractivity contribution in [1.29, 1.82) is 0 Å². The molecular weight excluding hydrogens is 234 g/mol. The van der Waals surface area contributed by atoms with Crippen LogP contribution in [0.5, 0.6) is 5.75 Å². The summed E-state index contributed by atoms with van der Waals surface area (Å²) >= 11 is 1.66. The predicted molar refractivity (Wildman–Crippen MR) is 70.2 cm³/mol. The molecule has 0 aliphatic carbocycles. The zero-order chi connectivity index (χ0) is 12.3. The number of aryl methyl sites for hydroxylation is 1. The van der Waals surface area contributed by atoms with Gasteiger partial charge in [0.2, 0.25) is 0 Å². The monoisotopic (exact) mass is 249 g/mol. The number of nitrogens with zero attached hydrogens (tertiary/aromatic N) is 2. The maximum Gasteiger partial charge on any atom is 0.120 e. The van der Waals surface area contributed by atoms with Crippen molar-refractivity contribution in [3.05, 3.63) is 36.2 Å². The number of rotatable bonds is 4. The van der Waals surface area contributed by atoms with Crippen LogP contribution in [0.4, 0.5) is 5.69 Å². The van der Waals surface area contributed by atoms with E-state index in [2.05, 4.69) is 5.10 Å². The van der Waals surface area contributed by atoms with Gasteiger partial charge in [-0.25, -0.2) is 0 Å². The Labute approximate surface area is 105 Å². The van der Waals surface area contributed by atoms with Gasteiger partial charge in [-0.05, 0) is 24.3 Å². The van der Waals surface area contributed by atoms with Gasteiger partial charge in [-0.15, -0.1) is 11.8 Å². The minimum atomic E-state index is 0.770. The molecule has 0 radical (unpaired) electrons. The first-order valence-electron chi connectivity index (χ1n) is 5.24. The molecule has 2 rings (SSSR count). The minimum absolute atomic E-state index is 0.770. The topological polar surface area (TPSA) is 53.1 Å². The number of aromatic nitrogens is 2. The smallest absolute Gasteiger partial charge is 0.120 e. The quantitative estimate of drug-likeness (QED) is 0.667. The van der Waals surface area contributed by atoms with Gasteiger partial charge in [-0.3, -0.25) is 4.68 Å². The molecule has 0 aliphatic heterocycles. The third-order valence-electron chi connectivity index (χ3n) is 2.37. The summed E-state index contributed by atoms with van der Waals surface area (Å²) in [7, 11) is 3.56. The molecule has 0 saturated heterocycles. The number of benzene rings is 1. The van der Waals surface area contributed by atoms with Gasteiger partial charge < -0.3 is 10.5 Å². The van der Waals surface area contributed by atoms with Crippen LogP contribution in [0.1, 0.15) is 5.69 Å². The third-order valence-corrected chi connectivity index (χ3v) is 3.47. The molecule has 17 heavy (non-hydrogen) atoms. The van der Waals surface area contributed by atoms with E-state index in [9.17, 15) is 0 Å². The van der Waals surface area contributed by atoms with Crippen molar-refractivity contribution < 1.29 is 4.74 Å². The van der Waals surface area contributed by atoms with Crippen molar-refractivity contribution in [3.8, 4) is 5.75 Å². The summed E-state index contributed by atoms with van der Waals surface area (Å²) in [5, 5.41) is 4.32. The lowest BCUT2D eigenvalue weighted by atomic mass is 10.3. The molecule has 2 N–H and O–H groups in total. The standard InChI is InChI=1S/C12H15N3OS/c1-15-6-5-9(14-15)8-17-12-7-10(16-2)3-4-11(12)13/h3-7H,8,13H2,1-2H3. The Morgan fingerprint density at radius 3 is 2.88 bits per heavy atom. The predicted octanol–water partition coefficient (Wildman–Crippen LogP) is 2.30. The molecule has 1 aromatic carbocycles. The first-order valence-corrected chi connectivity index (χ1v) is 6.22. The fourth-order valence-electron chi connectivity index (χ4n) is 1.46. The van der Waals surface area contributed by atoms with Crippen LogP contribution in [-0.4, -0.2) is 16.9 Å². The lowest BCUT2D eigenvalue weighted by Gasteiger charge is -2.06. The number of nitrogen functional groups attached to an aromatic ring is 1. The van der Waals surface area contributed by atoms with E-state index in [1.54, 1.807) is 23.6 Å². The highest BCUT2D eigenvalue weighted by atomic mass is 32.2. The molecule has 0 spiro atoms. The average molecular weight is 249 g/mol. The summed E-state index contributed by atoms with van der Waals surface area (Å²) in [6.07, 6.45) is 1.94. The number of anilines is 1. The first kappa shape index (κ1) is 11.9. The van der Waals surface area contributed by atoms with E-state index in [0.717, 1.165) is 27.8 Å². The van der Waals surface area contributed by atoms with Crippen LogP contribution in [0, 0.1) is 0 Å². The van der Waals surface area contributed by atoms with Gasteiger partial charge in [-0.1, -0.05) is 0 Å². The Morgan fingerprint density at radius 2 is 2.24 bits per heavy atom. The molecule has 5 heteroatoms. The Balaban J connectivity index is 2.07. The fraction of sp³-hybridized carbons (Fsp3) is 0.250. The molecule has 2 aromatic rings. The van der Waals surface area contributed by atoms with Gasteiger partial charge in [0.25, 0.3) is 0 Å². The zero-order valence-electron chi connectivity index (χ0n) is 9.88. The highest BCUT2D eigenvalue weighted by Crippen LogP contribution is 2.30. The van der Waals surface area contributed by atoms with E-state index in [-0.39, 0.29) is 0 Å². The summed E-state index contributed by atoms with van der Waals surface area (Å²) in [6.45, 7) is 0. The van der Waals surface area contributed by atoms with Crippen LogP contribution in [0.3, 0.4) is 0 Å². The molecule has 0 amide bonds. The molecule has 0 bridgehead atoms. The summed E-state index contributed by atoms with van der Waals surface area (Å²) < 4.78 is 6.97. The molecule has 4 nitrogen and oxygen atoms in total. The van der Waals surface area contributed by atoms with Crippen molar-refractivity contribution in [2.24, 2.45) is 7.05 Å². The molecule has 0 fully saturated rings. The summed E-state index contributed by atoms with van der Waals surface area (Å²) in [5.74, 6) is 1.63. The minimum Gasteiger partial charge on any atom is -0.497 e. The highest BCUT2D eigenvalue weighted by Gasteiger charge is 2.04. The largest absolute Gasteiger partial charge is 0.497 e. The van der Waals surface area contributed by atoms with Crippen LogP contribution >= 0.6 is 11.8 Å². The lowest BCUT2D eigenvalue weighted by Crippen LogP contribution is -1.92. The van der Waals surface area contributed by atoms with Crippen LogP contribution in [0.15, 0.2) is 35.4 Å². The number of methoxy groups -OCH3 is 1. The van der Waals surface area contributed by atoms with Crippen molar-refractivity contribution >= 4 is 17.4 Å². The molecule has 0 unspecified atom stereocenters. The van der Waals surface area contributed by atoms with E-state index in [1.165, 1.54) is 0 Å². The Hall–Kier alpha value is -1.62. The number of thioether (sulfide) groups is 1. The van der Waals surface area contributed by atoms with Crippen molar-refractivity contribution in [1.82, 2.24) is 9.78 Å². The van der Waals surface area contributed by atoms with Gasteiger partial charge in [0, 0.05) is 29.6 Å². The first-order chi connectivity index (χ1) is 8.19. The van der Waals surface area contributed by atoms with Gasteiger partial charge in [-0.2, -0.15) is 5.10 Å². The van der Waals surface area contributed by atoms with Gasteiger partial charge in [0.1, 0.15) is 5.75 Å². The number of ether oxygens (including phenoxy) is 1. The Morgan fingerprint density at radius 1 is 1.41 bits per heavy atom. The maximum atomic E-state index is 5.91. The van der Waals surface area contributed by atoms with E-state index in [0.29, 0.717) is 0 Å². The van der Waals surface area contributed by atoms with Gasteiger partial charge >= 0.3 is 0 Å². The van der Waals surface area contributed by atoms with Crippen molar-refractivity contribution in [3.63, 3.8) is 0 Å². The molecule has 0 aliphatic rings. The van der Waals surface area contributed by atoms with E-state index in [1.807, 2.05) is 37.5 Å². The number of hydrogen-bond donors (Lipinski definition) is 1. The highest BCUT2D eigenvalue weighted by molar-refractivity contribution is 7.98. The number of nitrogens with two attached hydrogens (primary N) is 1. The maximum absolute atomic E-state index is 5.91. The Kier molecular flexibility index (Phi) is 3.58. The molecular formula is C12H15N3OS. The number of hydrogen-bond acceptors (Lipinski definition) is 4. The SMILES string of the molecule is COc1ccc(N)c(SCc2ccn(C)n2)c1. The van der Waals surface area contributed by atoms with Crippen LogP contribution in [0.2, 0.25) is 0 Å². The summed E-state index contributed by atoms with van der Waals surface area (Å²) in [4.78, 5) is 1.02. The van der Waals surface area contributed by atoms with Crippen molar-refractivity contribution in [2.75, 3.05) is 12.8 Å². The van der Waals surface area contributed by atoms with Crippen LogP contribution < -0.4 is 10.5 Å². The third kappa shape index (κ3) is 2.94. The molecule has 0 atom stereocenters. The zero-order valence-corrected chi connectivity index (χ0v) is 10.7. The second-order valence-corrected chi connectivity index (χ2v) is 4.69. The van der Waals surface area contributed by atoms with Gasteiger partial charge in [0.05, 0.1) is 12.8 Å². The van der Waals surface area contributed by atoms with E-state index >= 15 is 0 Å². The van der Waals surface area contributed by atoms with Crippen LogP contribution in [0.25, 0.3) is 0 Å². The van der Waals surface area contributed by atoms with Crippen molar-refractivity contribution in [2.45, 2.75) is 10.6 Å². The normalized spacial score (nSPS) is 10.5.